The molecule has 2 aliphatic heterocycles. The lowest BCUT2D eigenvalue weighted by molar-refractivity contribution is 0.0242. The Hall–Kier alpha value is -0.770. The number of ether oxygens (including phenoxy) is 1. The summed E-state index contributed by atoms with van der Waals surface area (Å²) >= 11 is 0. The lowest BCUT2D eigenvalue weighted by Crippen LogP contribution is -2.40. The summed E-state index contributed by atoms with van der Waals surface area (Å²) in [6.45, 7) is 9.92. The molecule has 1 spiro atoms. The standard InChI is InChI=1S/C14H24N2O2/c1-13(2,3)18-12(17)16-8-10-11(9-16)14(10)4-6-15-7-5-14/h10-11,15H,4-9H2,1-3H3. The number of likely N-dealkylation sites (tertiary alicyclic amines) is 1. The number of carbonyl (C=O) groups is 1. The van der Waals surface area contributed by atoms with E-state index in [4.69, 9.17) is 4.74 Å². The van der Waals surface area contributed by atoms with Crippen molar-refractivity contribution in [3.63, 3.8) is 0 Å². The normalized spacial score (nSPS) is 33.4. The van der Waals surface area contributed by atoms with Gasteiger partial charge in [-0.05, 0) is 64.0 Å². The predicted octanol–water partition coefficient (Wildman–Crippen LogP) is 1.85. The van der Waals surface area contributed by atoms with Crippen LogP contribution in [0.15, 0.2) is 0 Å². The van der Waals surface area contributed by atoms with Crippen LogP contribution in [0.25, 0.3) is 0 Å². The number of fused-ring (bicyclic) bond motifs is 3. The molecule has 0 radical (unpaired) electrons. The molecule has 1 amide bonds. The number of rotatable bonds is 0. The van der Waals surface area contributed by atoms with Crippen LogP contribution < -0.4 is 5.32 Å². The van der Waals surface area contributed by atoms with Crippen molar-refractivity contribution in [1.82, 2.24) is 10.2 Å². The molecular formula is C14H24N2O2. The molecule has 2 unspecified atom stereocenters. The molecule has 3 aliphatic rings. The van der Waals surface area contributed by atoms with Crippen molar-refractivity contribution in [3.05, 3.63) is 0 Å². The summed E-state index contributed by atoms with van der Waals surface area (Å²) in [6.07, 6.45) is 2.47. The van der Waals surface area contributed by atoms with Crippen molar-refractivity contribution in [2.45, 2.75) is 39.2 Å². The van der Waals surface area contributed by atoms with E-state index in [1.165, 1.54) is 12.8 Å². The Morgan fingerprint density at radius 3 is 2.28 bits per heavy atom. The van der Waals surface area contributed by atoms with Crippen LogP contribution in [-0.2, 0) is 4.74 Å². The van der Waals surface area contributed by atoms with E-state index in [2.05, 4.69) is 5.32 Å². The minimum Gasteiger partial charge on any atom is -0.444 e. The first-order valence-electron chi connectivity index (χ1n) is 7.11. The Morgan fingerprint density at radius 1 is 1.22 bits per heavy atom. The second-order valence-electron chi connectivity index (χ2n) is 7.08. The fourth-order valence-corrected chi connectivity index (χ4v) is 3.95. The van der Waals surface area contributed by atoms with E-state index in [1.807, 2.05) is 25.7 Å². The van der Waals surface area contributed by atoms with Crippen LogP contribution >= 0.6 is 0 Å². The van der Waals surface area contributed by atoms with E-state index in [-0.39, 0.29) is 11.7 Å². The highest BCUT2D eigenvalue weighted by Crippen LogP contribution is 2.67. The van der Waals surface area contributed by atoms with Crippen LogP contribution in [0.1, 0.15) is 33.6 Å². The van der Waals surface area contributed by atoms with Crippen LogP contribution in [-0.4, -0.2) is 42.8 Å². The smallest absolute Gasteiger partial charge is 0.410 e. The SMILES string of the molecule is CC(C)(C)OC(=O)N1CC2C(C1)C21CCNCC1. The third kappa shape index (κ3) is 1.91. The maximum absolute atomic E-state index is 12.0. The molecular weight excluding hydrogens is 228 g/mol. The van der Waals surface area contributed by atoms with Crippen LogP contribution in [0.4, 0.5) is 4.79 Å². The summed E-state index contributed by atoms with van der Waals surface area (Å²) in [5.74, 6) is 1.49. The van der Waals surface area contributed by atoms with Gasteiger partial charge >= 0.3 is 6.09 Å². The molecule has 2 heterocycles. The number of hydrogen-bond donors (Lipinski definition) is 1. The Balaban J connectivity index is 1.56. The lowest BCUT2D eigenvalue weighted by atomic mass is 9.89. The number of piperidine rings is 2. The van der Waals surface area contributed by atoms with Crippen molar-refractivity contribution in [2.24, 2.45) is 17.3 Å². The highest BCUT2D eigenvalue weighted by Gasteiger charge is 2.67. The van der Waals surface area contributed by atoms with Gasteiger partial charge in [-0.15, -0.1) is 0 Å². The van der Waals surface area contributed by atoms with Crippen LogP contribution in [0, 0.1) is 17.3 Å². The molecule has 4 heteroatoms. The summed E-state index contributed by atoms with van der Waals surface area (Å²) in [6, 6.07) is 0. The molecule has 0 bridgehead atoms. The quantitative estimate of drug-likeness (QED) is 0.715. The van der Waals surface area contributed by atoms with E-state index in [9.17, 15) is 4.79 Å². The second kappa shape index (κ2) is 3.86. The molecule has 3 rings (SSSR count). The van der Waals surface area contributed by atoms with Gasteiger partial charge in [0.25, 0.3) is 0 Å². The molecule has 1 saturated carbocycles. The summed E-state index contributed by atoms with van der Waals surface area (Å²) in [5.41, 5.74) is 0.195. The molecule has 1 N–H and O–H groups in total. The van der Waals surface area contributed by atoms with Gasteiger partial charge in [-0.1, -0.05) is 0 Å². The molecule has 0 aromatic heterocycles. The molecule has 102 valence electrons. The zero-order chi connectivity index (χ0) is 13.0. The van der Waals surface area contributed by atoms with Crippen molar-refractivity contribution in [2.75, 3.05) is 26.2 Å². The summed E-state index contributed by atoms with van der Waals surface area (Å²) in [4.78, 5) is 13.9. The number of nitrogens with one attached hydrogen (secondary N) is 1. The third-order valence-corrected chi connectivity index (χ3v) is 4.87. The first-order chi connectivity index (χ1) is 8.42. The van der Waals surface area contributed by atoms with E-state index in [0.29, 0.717) is 5.41 Å². The molecule has 0 aromatic rings. The Labute approximate surface area is 109 Å². The van der Waals surface area contributed by atoms with Crippen molar-refractivity contribution in [3.8, 4) is 0 Å². The average molecular weight is 252 g/mol. The number of carbonyl (C=O) groups excluding carboxylic acids is 1. The summed E-state index contributed by atoms with van der Waals surface area (Å²) in [5, 5.41) is 3.43. The maximum Gasteiger partial charge on any atom is 0.410 e. The van der Waals surface area contributed by atoms with Crippen LogP contribution in [0.2, 0.25) is 0 Å². The summed E-state index contributed by atoms with van der Waals surface area (Å²) in [7, 11) is 0. The van der Waals surface area contributed by atoms with Crippen molar-refractivity contribution < 1.29 is 9.53 Å². The van der Waals surface area contributed by atoms with Crippen LogP contribution in [0.5, 0.6) is 0 Å². The van der Waals surface area contributed by atoms with Gasteiger partial charge in [-0.3, -0.25) is 0 Å². The van der Waals surface area contributed by atoms with Gasteiger partial charge in [0, 0.05) is 13.1 Å². The molecule has 2 atom stereocenters. The molecule has 0 aromatic carbocycles. The van der Waals surface area contributed by atoms with Gasteiger partial charge in [0.2, 0.25) is 0 Å². The van der Waals surface area contributed by atoms with Gasteiger partial charge in [-0.25, -0.2) is 4.79 Å². The zero-order valence-electron chi connectivity index (χ0n) is 11.7. The monoisotopic (exact) mass is 252 g/mol. The van der Waals surface area contributed by atoms with Crippen LogP contribution in [0.3, 0.4) is 0 Å². The fourth-order valence-electron chi connectivity index (χ4n) is 3.95. The van der Waals surface area contributed by atoms with Gasteiger partial charge in [0.15, 0.2) is 0 Å². The molecule has 18 heavy (non-hydrogen) atoms. The average Bonchev–Trinajstić information content (AvgIpc) is 2.71. The predicted molar refractivity (Wildman–Crippen MR) is 69.3 cm³/mol. The second-order valence-corrected chi connectivity index (χ2v) is 7.08. The number of nitrogens with zero attached hydrogens (tertiary/aromatic N) is 1. The van der Waals surface area contributed by atoms with E-state index >= 15 is 0 Å². The van der Waals surface area contributed by atoms with Crippen molar-refractivity contribution >= 4 is 6.09 Å². The molecule has 2 saturated heterocycles. The number of amides is 1. The van der Waals surface area contributed by atoms with Gasteiger partial charge < -0.3 is 15.0 Å². The Bertz CT molecular complexity index is 341. The molecule has 3 fully saturated rings. The first-order valence-corrected chi connectivity index (χ1v) is 7.11. The highest BCUT2D eigenvalue weighted by molar-refractivity contribution is 5.69. The third-order valence-electron chi connectivity index (χ3n) is 4.87. The number of hydrogen-bond acceptors (Lipinski definition) is 3. The van der Waals surface area contributed by atoms with E-state index in [0.717, 1.165) is 38.0 Å². The highest BCUT2D eigenvalue weighted by atomic mass is 16.6. The first kappa shape index (κ1) is 12.3. The molecule has 1 aliphatic carbocycles. The van der Waals surface area contributed by atoms with Gasteiger partial charge in [0.1, 0.15) is 5.60 Å². The summed E-state index contributed by atoms with van der Waals surface area (Å²) < 4.78 is 5.44. The topological polar surface area (TPSA) is 41.6 Å². The van der Waals surface area contributed by atoms with E-state index in [1.54, 1.807) is 0 Å². The largest absolute Gasteiger partial charge is 0.444 e. The minimum absolute atomic E-state index is 0.126. The molecule has 4 nitrogen and oxygen atoms in total. The zero-order valence-corrected chi connectivity index (χ0v) is 11.7. The van der Waals surface area contributed by atoms with Crippen molar-refractivity contribution in [1.29, 1.82) is 0 Å². The Kier molecular flexibility index (Phi) is 2.63. The van der Waals surface area contributed by atoms with Gasteiger partial charge in [-0.2, -0.15) is 0 Å². The van der Waals surface area contributed by atoms with Gasteiger partial charge in [0.05, 0.1) is 0 Å². The Morgan fingerprint density at radius 2 is 1.78 bits per heavy atom. The minimum atomic E-state index is -0.379. The lowest BCUT2D eigenvalue weighted by Gasteiger charge is -2.31. The fraction of sp³-hybridized carbons (Fsp3) is 0.929. The van der Waals surface area contributed by atoms with E-state index < -0.39 is 0 Å². The maximum atomic E-state index is 12.0.